The minimum absolute atomic E-state index is 0.335. The molecule has 0 aliphatic rings. The summed E-state index contributed by atoms with van der Waals surface area (Å²) in [6, 6.07) is 8.40. The molecule has 1 aromatic rings. The number of halogens is 1. The summed E-state index contributed by atoms with van der Waals surface area (Å²) in [5.74, 6) is 0. The van der Waals surface area contributed by atoms with Crippen molar-refractivity contribution in [2.75, 3.05) is 0 Å². The standard InChI is InChI=1S/C12H19BCl/c1-4-13(5-2,6-3)11-7-9-12(14)10-8-11/h7-10H,4-6H2,1-3H3/q-1. The van der Waals surface area contributed by atoms with Gasteiger partial charge in [-0.1, -0.05) is 44.5 Å². The van der Waals surface area contributed by atoms with Gasteiger partial charge in [0.05, 0.1) is 0 Å². The SMILES string of the molecule is CC[B-](CC)(CC)c1ccc(Cl)cc1. The molecule has 0 fully saturated rings. The lowest BCUT2D eigenvalue weighted by Gasteiger charge is -2.37. The largest absolute Gasteiger partial charge is 0.210 e. The summed E-state index contributed by atoms with van der Waals surface area (Å²) in [7, 11) is 0. The normalized spacial score (nSPS) is 11.7. The molecule has 0 heterocycles. The zero-order valence-electron chi connectivity index (χ0n) is 9.39. The highest BCUT2D eigenvalue weighted by atomic mass is 35.5. The van der Waals surface area contributed by atoms with Crippen molar-refractivity contribution < 1.29 is 0 Å². The van der Waals surface area contributed by atoms with Crippen LogP contribution >= 0.6 is 11.6 Å². The number of hydrogen-bond donors (Lipinski definition) is 0. The van der Waals surface area contributed by atoms with Gasteiger partial charge in [0.15, 0.2) is 0 Å². The second-order valence-corrected chi connectivity index (χ2v) is 4.69. The van der Waals surface area contributed by atoms with E-state index in [1.807, 2.05) is 12.1 Å². The van der Waals surface area contributed by atoms with Crippen molar-refractivity contribution in [3.05, 3.63) is 29.3 Å². The second-order valence-electron chi connectivity index (χ2n) is 4.25. The van der Waals surface area contributed by atoms with E-state index in [0.717, 1.165) is 5.02 Å². The Morgan fingerprint density at radius 1 is 0.929 bits per heavy atom. The average Bonchev–Trinajstić information content (AvgIpc) is 2.24. The predicted octanol–water partition coefficient (Wildman–Crippen LogP) is 4.06. The van der Waals surface area contributed by atoms with Gasteiger partial charge < -0.3 is 0 Å². The Bertz CT molecular complexity index is 267. The third-order valence-corrected chi connectivity index (χ3v) is 4.17. The Labute approximate surface area is 92.6 Å². The molecule has 2 heteroatoms. The van der Waals surface area contributed by atoms with E-state index in [9.17, 15) is 0 Å². The van der Waals surface area contributed by atoms with Crippen LogP contribution in [0.5, 0.6) is 0 Å². The summed E-state index contributed by atoms with van der Waals surface area (Å²) in [5, 5.41) is 0.835. The minimum atomic E-state index is -0.335. The van der Waals surface area contributed by atoms with Gasteiger partial charge in [0.2, 0.25) is 0 Å². The summed E-state index contributed by atoms with van der Waals surface area (Å²) >= 11 is 5.90. The van der Waals surface area contributed by atoms with Crippen molar-refractivity contribution in [1.82, 2.24) is 0 Å². The molecule has 1 aromatic carbocycles. The molecule has 0 saturated carbocycles. The maximum Gasteiger partial charge on any atom is 0.0403 e. The second kappa shape index (κ2) is 4.88. The van der Waals surface area contributed by atoms with Crippen LogP contribution in [0.15, 0.2) is 24.3 Å². The van der Waals surface area contributed by atoms with Gasteiger partial charge in [-0.25, -0.2) is 5.46 Å². The lowest BCUT2D eigenvalue weighted by molar-refractivity contribution is 1.19. The first-order chi connectivity index (χ1) is 6.68. The average molecular weight is 210 g/mol. The molecule has 0 radical (unpaired) electrons. The highest BCUT2D eigenvalue weighted by Gasteiger charge is 2.19. The topological polar surface area (TPSA) is 0 Å². The van der Waals surface area contributed by atoms with E-state index in [4.69, 9.17) is 11.6 Å². The molecule has 0 N–H and O–H groups in total. The molecule has 0 aromatic heterocycles. The van der Waals surface area contributed by atoms with Crippen LogP contribution in [0.1, 0.15) is 20.8 Å². The molecule has 0 bridgehead atoms. The lowest BCUT2D eigenvalue weighted by atomic mass is 9.17. The summed E-state index contributed by atoms with van der Waals surface area (Å²) in [6.07, 6.45) is 3.44. The van der Waals surface area contributed by atoms with Crippen molar-refractivity contribution >= 4 is 23.2 Å². The minimum Gasteiger partial charge on any atom is -0.210 e. The highest BCUT2D eigenvalue weighted by molar-refractivity contribution is 6.91. The molecule has 0 aliphatic carbocycles. The van der Waals surface area contributed by atoms with E-state index in [0.29, 0.717) is 0 Å². The Hall–Kier alpha value is -0.425. The van der Waals surface area contributed by atoms with Crippen molar-refractivity contribution in [2.24, 2.45) is 0 Å². The fourth-order valence-electron chi connectivity index (χ4n) is 2.44. The van der Waals surface area contributed by atoms with Crippen molar-refractivity contribution in [2.45, 2.75) is 39.7 Å². The molecule has 0 nitrogen and oxygen atoms in total. The van der Waals surface area contributed by atoms with Gasteiger partial charge in [0.1, 0.15) is 0 Å². The van der Waals surface area contributed by atoms with Gasteiger partial charge in [-0.3, -0.25) is 0 Å². The van der Waals surface area contributed by atoms with E-state index < -0.39 is 0 Å². The Balaban J connectivity index is 3.05. The number of rotatable bonds is 4. The fourth-order valence-corrected chi connectivity index (χ4v) is 2.57. The zero-order valence-corrected chi connectivity index (χ0v) is 10.1. The van der Waals surface area contributed by atoms with Crippen molar-refractivity contribution in [3.8, 4) is 0 Å². The predicted molar refractivity (Wildman–Crippen MR) is 68.3 cm³/mol. The third-order valence-electron chi connectivity index (χ3n) is 3.92. The first-order valence-electron chi connectivity index (χ1n) is 5.65. The van der Waals surface area contributed by atoms with Gasteiger partial charge in [-0.15, -0.1) is 0 Å². The lowest BCUT2D eigenvalue weighted by Crippen LogP contribution is -2.45. The molecular formula is C12H19BCl-. The maximum absolute atomic E-state index is 5.90. The molecule has 78 valence electrons. The van der Waals surface area contributed by atoms with Crippen LogP contribution in [0, 0.1) is 0 Å². The Morgan fingerprint density at radius 3 is 1.71 bits per heavy atom. The van der Waals surface area contributed by atoms with Crippen LogP contribution in [-0.2, 0) is 0 Å². The van der Waals surface area contributed by atoms with Crippen LogP contribution in [0.2, 0.25) is 24.0 Å². The van der Waals surface area contributed by atoms with Gasteiger partial charge in [-0.2, -0.15) is 19.0 Å². The van der Waals surface area contributed by atoms with Crippen LogP contribution in [-0.4, -0.2) is 6.15 Å². The number of benzene rings is 1. The molecule has 14 heavy (non-hydrogen) atoms. The molecule has 0 amide bonds. The molecule has 0 aliphatic heterocycles. The van der Waals surface area contributed by atoms with Gasteiger partial charge >= 0.3 is 0 Å². The van der Waals surface area contributed by atoms with E-state index >= 15 is 0 Å². The number of hydrogen-bond acceptors (Lipinski definition) is 0. The first kappa shape index (κ1) is 11.6. The molecule has 0 spiro atoms. The van der Waals surface area contributed by atoms with Gasteiger partial charge in [0.25, 0.3) is 0 Å². The molecule has 0 saturated heterocycles. The quantitative estimate of drug-likeness (QED) is 0.656. The van der Waals surface area contributed by atoms with E-state index in [1.165, 1.54) is 24.4 Å². The maximum atomic E-state index is 5.90. The zero-order chi connectivity index (χ0) is 10.6. The third kappa shape index (κ3) is 2.14. The summed E-state index contributed by atoms with van der Waals surface area (Å²) in [6.45, 7) is 6.88. The fraction of sp³-hybridized carbons (Fsp3) is 0.500. The smallest absolute Gasteiger partial charge is 0.0403 e. The summed E-state index contributed by atoms with van der Waals surface area (Å²) in [4.78, 5) is 0. The Morgan fingerprint density at radius 2 is 1.36 bits per heavy atom. The summed E-state index contributed by atoms with van der Waals surface area (Å²) < 4.78 is 0. The molecular weight excluding hydrogens is 190 g/mol. The van der Waals surface area contributed by atoms with Gasteiger partial charge in [0, 0.05) is 11.2 Å². The van der Waals surface area contributed by atoms with E-state index in [1.54, 1.807) is 0 Å². The molecule has 0 unspecified atom stereocenters. The van der Waals surface area contributed by atoms with Crippen molar-refractivity contribution in [1.29, 1.82) is 0 Å². The van der Waals surface area contributed by atoms with E-state index in [2.05, 4.69) is 32.9 Å². The molecule has 1 rings (SSSR count). The van der Waals surface area contributed by atoms with Crippen molar-refractivity contribution in [3.63, 3.8) is 0 Å². The molecule has 0 atom stereocenters. The first-order valence-corrected chi connectivity index (χ1v) is 6.02. The van der Waals surface area contributed by atoms with Crippen LogP contribution in [0.25, 0.3) is 0 Å². The monoisotopic (exact) mass is 209 g/mol. The van der Waals surface area contributed by atoms with Crippen LogP contribution < -0.4 is 5.46 Å². The van der Waals surface area contributed by atoms with E-state index in [-0.39, 0.29) is 6.15 Å². The summed E-state index contributed by atoms with van der Waals surface area (Å²) in [5.41, 5.74) is 1.49. The Kier molecular flexibility index (Phi) is 4.06. The van der Waals surface area contributed by atoms with Crippen LogP contribution in [0.4, 0.5) is 0 Å². The highest BCUT2D eigenvalue weighted by Crippen LogP contribution is 2.20. The van der Waals surface area contributed by atoms with Crippen LogP contribution in [0.3, 0.4) is 0 Å². The van der Waals surface area contributed by atoms with Gasteiger partial charge in [-0.05, 0) is 12.1 Å².